The van der Waals surface area contributed by atoms with Crippen molar-refractivity contribution in [2.24, 2.45) is 5.92 Å². The van der Waals surface area contributed by atoms with Crippen molar-refractivity contribution >= 4 is 7.85 Å². The van der Waals surface area contributed by atoms with E-state index in [1.807, 2.05) is 0 Å². The van der Waals surface area contributed by atoms with Gasteiger partial charge in [0.05, 0.1) is 7.85 Å². The second-order valence-corrected chi connectivity index (χ2v) is 2.98. The third kappa shape index (κ3) is 2.01. The zero-order chi connectivity index (χ0) is 6.69. The first-order valence-corrected chi connectivity index (χ1v) is 3.71. The molecule has 50 valence electrons. The van der Waals surface area contributed by atoms with Crippen LogP contribution in [0.5, 0.6) is 0 Å². The van der Waals surface area contributed by atoms with Crippen LogP contribution in [0, 0.1) is 5.92 Å². The molecule has 1 heterocycles. The lowest BCUT2D eigenvalue weighted by atomic mass is 9.84. The van der Waals surface area contributed by atoms with Gasteiger partial charge in [0.2, 0.25) is 0 Å². The third-order valence-corrected chi connectivity index (χ3v) is 2.17. The van der Waals surface area contributed by atoms with Crippen molar-refractivity contribution in [2.75, 3.05) is 20.1 Å². The van der Waals surface area contributed by atoms with E-state index in [0.717, 1.165) is 12.2 Å². The van der Waals surface area contributed by atoms with Gasteiger partial charge in [0.15, 0.2) is 0 Å². The Balaban J connectivity index is 2.18. The van der Waals surface area contributed by atoms with Gasteiger partial charge in [0.1, 0.15) is 0 Å². The molecule has 0 N–H and O–H groups in total. The van der Waals surface area contributed by atoms with Crippen LogP contribution in [0.2, 0.25) is 6.32 Å². The third-order valence-electron chi connectivity index (χ3n) is 2.17. The van der Waals surface area contributed by atoms with Gasteiger partial charge < -0.3 is 4.90 Å². The lowest BCUT2D eigenvalue weighted by Gasteiger charge is -2.28. The van der Waals surface area contributed by atoms with E-state index in [0.29, 0.717) is 0 Å². The number of hydrogen-bond donors (Lipinski definition) is 0. The molecular weight excluding hydrogens is 109 g/mol. The molecule has 1 aliphatic heterocycles. The molecular formula is C7H14BN. The Hall–Kier alpha value is 0.0249. The monoisotopic (exact) mass is 123 g/mol. The van der Waals surface area contributed by atoms with Crippen molar-refractivity contribution in [2.45, 2.75) is 19.2 Å². The quantitative estimate of drug-likeness (QED) is 0.468. The maximum atomic E-state index is 5.53. The molecule has 0 bridgehead atoms. The van der Waals surface area contributed by atoms with Crippen LogP contribution < -0.4 is 0 Å². The van der Waals surface area contributed by atoms with Crippen molar-refractivity contribution in [3.05, 3.63) is 0 Å². The van der Waals surface area contributed by atoms with Crippen molar-refractivity contribution in [1.82, 2.24) is 4.90 Å². The highest BCUT2D eigenvalue weighted by atomic mass is 15.1. The summed E-state index contributed by atoms with van der Waals surface area (Å²) in [6.07, 6.45) is 3.48. The van der Waals surface area contributed by atoms with E-state index in [2.05, 4.69) is 11.9 Å². The van der Waals surface area contributed by atoms with Gasteiger partial charge in [-0.05, 0) is 38.9 Å². The van der Waals surface area contributed by atoms with Gasteiger partial charge in [0.25, 0.3) is 0 Å². The highest BCUT2D eigenvalue weighted by molar-refractivity contribution is 6.08. The highest BCUT2D eigenvalue weighted by Crippen LogP contribution is 2.17. The van der Waals surface area contributed by atoms with Gasteiger partial charge in [-0.25, -0.2) is 0 Å². The van der Waals surface area contributed by atoms with E-state index in [1.165, 1.54) is 25.9 Å². The average molecular weight is 123 g/mol. The standard InChI is InChI=1S/C7H14BN/c1-9-4-2-7(6-8)3-5-9/h7H,2-6H2,1H3. The predicted molar refractivity (Wildman–Crippen MR) is 40.8 cm³/mol. The molecule has 2 radical (unpaired) electrons. The molecule has 0 aromatic rings. The molecule has 0 unspecified atom stereocenters. The van der Waals surface area contributed by atoms with Gasteiger partial charge in [-0.15, -0.1) is 0 Å². The minimum Gasteiger partial charge on any atom is -0.306 e. The molecule has 1 aliphatic rings. The maximum absolute atomic E-state index is 5.53. The van der Waals surface area contributed by atoms with E-state index < -0.39 is 0 Å². The SMILES string of the molecule is [B]CC1CCN(C)CC1. The Labute approximate surface area is 58.8 Å². The zero-order valence-electron chi connectivity index (χ0n) is 6.14. The molecule has 0 aromatic heterocycles. The minimum absolute atomic E-state index is 0.807. The van der Waals surface area contributed by atoms with Gasteiger partial charge >= 0.3 is 0 Å². The molecule has 1 fully saturated rings. The van der Waals surface area contributed by atoms with Gasteiger partial charge in [-0.1, -0.05) is 6.32 Å². The predicted octanol–water partition coefficient (Wildman–Crippen LogP) is 0.915. The summed E-state index contributed by atoms with van der Waals surface area (Å²) in [7, 11) is 7.70. The van der Waals surface area contributed by atoms with Crippen LogP contribution in [0.3, 0.4) is 0 Å². The van der Waals surface area contributed by atoms with E-state index in [1.54, 1.807) is 0 Å². The lowest BCUT2D eigenvalue weighted by molar-refractivity contribution is 0.230. The van der Waals surface area contributed by atoms with Crippen molar-refractivity contribution in [1.29, 1.82) is 0 Å². The summed E-state index contributed by atoms with van der Waals surface area (Å²) in [4.78, 5) is 2.37. The average Bonchev–Trinajstić information content (AvgIpc) is 1.90. The second-order valence-electron chi connectivity index (χ2n) is 2.98. The summed E-state index contributed by atoms with van der Waals surface area (Å²) in [5, 5.41) is 0. The molecule has 0 aromatic carbocycles. The van der Waals surface area contributed by atoms with Gasteiger partial charge in [-0.2, -0.15) is 0 Å². The molecule has 1 saturated heterocycles. The molecule has 9 heavy (non-hydrogen) atoms. The van der Waals surface area contributed by atoms with Crippen LogP contribution in [-0.2, 0) is 0 Å². The molecule has 0 amide bonds. The van der Waals surface area contributed by atoms with Gasteiger partial charge in [-0.3, -0.25) is 0 Å². The van der Waals surface area contributed by atoms with E-state index >= 15 is 0 Å². The molecule has 1 rings (SSSR count). The molecule has 1 nitrogen and oxygen atoms in total. The number of hydrogen-bond acceptors (Lipinski definition) is 1. The first kappa shape index (κ1) is 7.14. The molecule has 0 atom stereocenters. The summed E-state index contributed by atoms with van der Waals surface area (Å²) < 4.78 is 0. The Morgan fingerprint density at radius 3 is 2.44 bits per heavy atom. The number of piperidine rings is 1. The first-order chi connectivity index (χ1) is 4.33. The fraction of sp³-hybridized carbons (Fsp3) is 1.00. The van der Waals surface area contributed by atoms with Crippen LogP contribution in [-0.4, -0.2) is 32.9 Å². The van der Waals surface area contributed by atoms with Crippen LogP contribution in [0.1, 0.15) is 12.8 Å². The van der Waals surface area contributed by atoms with Gasteiger partial charge in [0, 0.05) is 0 Å². The molecule has 2 heteroatoms. The summed E-state index contributed by atoms with van der Waals surface area (Å²) in [6, 6.07) is 0. The Morgan fingerprint density at radius 2 is 2.00 bits per heavy atom. The van der Waals surface area contributed by atoms with E-state index in [9.17, 15) is 0 Å². The van der Waals surface area contributed by atoms with Crippen LogP contribution in [0.4, 0.5) is 0 Å². The summed E-state index contributed by atoms with van der Waals surface area (Å²) in [6.45, 7) is 2.48. The molecule has 0 spiro atoms. The van der Waals surface area contributed by atoms with E-state index in [-0.39, 0.29) is 0 Å². The highest BCUT2D eigenvalue weighted by Gasteiger charge is 2.13. The maximum Gasteiger partial charge on any atom is 0.0656 e. The number of nitrogens with zero attached hydrogens (tertiary/aromatic N) is 1. The normalized spacial score (nSPS) is 24.6. The molecule has 0 aliphatic carbocycles. The fourth-order valence-corrected chi connectivity index (χ4v) is 1.30. The van der Waals surface area contributed by atoms with Crippen molar-refractivity contribution in [3.8, 4) is 0 Å². The lowest BCUT2D eigenvalue weighted by Crippen LogP contribution is -2.29. The Morgan fingerprint density at radius 1 is 1.44 bits per heavy atom. The summed E-state index contributed by atoms with van der Waals surface area (Å²) in [5.74, 6) is 0.807. The van der Waals surface area contributed by atoms with Crippen molar-refractivity contribution in [3.63, 3.8) is 0 Å². The summed E-state index contributed by atoms with van der Waals surface area (Å²) in [5.41, 5.74) is 0. The molecule has 0 saturated carbocycles. The Bertz CT molecular complexity index is 77.0. The first-order valence-electron chi connectivity index (χ1n) is 3.71. The van der Waals surface area contributed by atoms with Crippen LogP contribution >= 0.6 is 0 Å². The second kappa shape index (κ2) is 3.26. The minimum atomic E-state index is 0.807. The van der Waals surface area contributed by atoms with Crippen LogP contribution in [0.25, 0.3) is 0 Å². The number of rotatable bonds is 1. The Kier molecular flexibility index (Phi) is 2.58. The largest absolute Gasteiger partial charge is 0.306 e. The van der Waals surface area contributed by atoms with Crippen molar-refractivity contribution < 1.29 is 0 Å². The fourth-order valence-electron chi connectivity index (χ4n) is 1.30. The smallest absolute Gasteiger partial charge is 0.0656 e. The van der Waals surface area contributed by atoms with E-state index in [4.69, 9.17) is 7.85 Å². The summed E-state index contributed by atoms with van der Waals surface area (Å²) >= 11 is 0. The van der Waals surface area contributed by atoms with Crippen LogP contribution in [0.15, 0.2) is 0 Å². The zero-order valence-corrected chi connectivity index (χ0v) is 6.14. The topological polar surface area (TPSA) is 3.24 Å². The number of likely N-dealkylation sites (tertiary alicyclic amines) is 1.